The number of carbonyl (C=O) groups excluding carboxylic acids is 1. The molecule has 1 saturated heterocycles. The highest BCUT2D eigenvalue weighted by atomic mass is 28.4. The van der Waals surface area contributed by atoms with Crippen LogP contribution in [0.1, 0.15) is 54.0 Å². The Labute approximate surface area is 165 Å². The lowest BCUT2D eigenvalue weighted by molar-refractivity contribution is -0.146. The van der Waals surface area contributed by atoms with Gasteiger partial charge in [-0.15, -0.1) is 0 Å². The van der Waals surface area contributed by atoms with Gasteiger partial charge in [-0.3, -0.25) is 4.79 Å². The van der Waals surface area contributed by atoms with Crippen molar-refractivity contribution in [2.45, 2.75) is 83.9 Å². The second-order valence-electron chi connectivity index (χ2n) is 8.66. The van der Waals surface area contributed by atoms with Gasteiger partial charge in [-0.05, 0) is 29.1 Å². The summed E-state index contributed by atoms with van der Waals surface area (Å²) >= 11 is 0. The van der Waals surface area contributed by atoms with E-state index >= 15 is 0 Å². The maximum absolute atomic E-state index is 12.3. The van der Waals surface area contributed by atoms with Crippen molar-refractivity contribution in [3.63, 3.8) is 0 Å². The molecule has 0 N–H and O–H groups in total. The minimum absolute atomic E-state index is 0.174. The van der Waals surface area contributed by atoms with Gasteiger partial charge in [0.05, 0.1) is 25.2 Å². The summed E-state index contributed by atoms with van der Waals surface area (Å²) in [5.41, 5.74) is 2.51. The summed E-state index contributed by atoms with van der Waals surface area (Å²) in [6.07, 6.45) is -0.563. The van der Waals surface area contributed by atoms with Crippen LogP contribution in [0.4, 0.5) is 0 Å². The van der Waals surface area contributed by atoms with Gasteiger partial charge in [-0.1, -0.05) is 71.9 Å². The van der Waals surface area contributed by atoms with E-state index in [9.17, 15) is 4.79 Å². The van der Waals surface area contributed by atoms with Gasteiger partial charge in [0, 0.05) is 0 Å². The van der Waals surface area contributed by atoms with E-state index in [1.807, 2.05) is 37.3 Å². The zero-order chi connectivity index (χ0) is 20.2. The van der Waals surface area contributed by atoms with Crippen LogP contribution >= 0.6 is 0 Å². The van der Waals surface area contributed by atoms with Crippen molar-refractivity contribution in [1.29, 1.82) is 0 Å². The highest BCUT2D eigenvalue weighted by Crippen LogP contribution is 2.45. The molecule has 1 aromatic rings. The molecule has 1 fully saturated rings. The first-order valence-electron chi connectivity index (χ1n) is 10.2. The van der Waals surface area contributed by atoms with Gasteiger partial charge in [-0.2, -0.15) is 0 Å². The number of benzene rings is 1. The summed E-state index contributed by atoms with van der Waals surface area (Å²) < 4.78 is 18.4. The Kier molecular flexibility index (Phi) is 7.66. The summed E-state index contributed by atoms with van der Waals surface area (Å²) in [4.78, 5) is 12.3. The normalized spacial score (nSPS) is 23.5. The molecule has 1 heterocycles. The van der Waals surface area contributed by atoms with Gasteiger partial charge in [0.15, 0.2) is 6.10 Å². The maximum atomic E-state index is 12.3. The van der Waals surface area contributed by atoms with Crippen molar-refractivity contribution < 1.29 is 18.7 Å². The molecule has 3 atom stereocenters. The molecule has 27 heavy (non-hydrogen) atoms. The van der Waals surface area contributed by atoms with E-state index < -0.39 is 8.32 Å². The standard InChI is InChI=1S/C22H36O4Si/c1-15(2)27(16(3)4,17(5)6)26-21-18(7)22(23)25-20(21)14-24-13-19-11-9-8-10-12-19/h8-12,15-18,20-21H,13-14H2,1-7H3. The lowest BCUT2D eigenvalue weighted by atomic mass is 10.0. The Hall–Kier alpha value is -1.17. The first kappa shape index (κ1) is 22.1. The van der Waals surface area contributed by atoms with Crippen LogP contribution in [-0.4, -0.2) is 33.1 Å². The predicted octanol–water partition coefficient (Wildman–Crippen LogP) is 5.33. The number of hydrogen-bond acceptors (Lipinski definition) is 4. The fourth-order valence-corrected chi connectivity index (χ4v) is 10.2. The highest BCUT2D eigenvalue weighted by molar-refractivity contribution is 6.77. The van der Waals surface area contributed by atoms with E-state index in [4.69, 9.17) is 13.9 Å². The predicted molar refractivity (Wildman–Crippen MR) is 111 cm³/mol. The van der Waals surface area contributed by atoms with Crippen molar-refractivity contribution in [3.8, 4) is 0 Å². The first-order chi connectivity index (χ1) is 12.7. The number of hydrogen-bond donors (Lipinski definition) is 0. The molecule has 152 valence electrons. The largest absolute Gasteiger partial charge is 0.457 e. The van der Waals surface area contributed by atoms with E-state index in [1.165, 1.54) is 0 Å². The van der Waals surface area contributed by atoms with Gasteiger partial charge < -0.3 is 13.9 Å². The van der Waals surface area contributed by atoms with Crippen LogP contribution in [0.15, 0.2) is 30.3 Å². The van der Waals surface area contributed by atoms with Crippen molar-refractivity contribution in [2.75, 3.05) is 6.61 Å². The zero-order valence-electron chi connectivity index (χ0n) is 17.9. The number of cyclic esters (lactones) is 1. The van der Waals surface area contributed by atoms with Crippen molar-refractivity contribution in [3.05, 3.63) is 35.9 Å². The summed E-state index contributed by atoms with van der Waals surface area (Å²) in [6.45, 7) is 16.4. The average molecular weight is 393 g/mol. The number of esters is 1. The van der Waals surface area contributed by atoms with Crippen LogP contribution in [0, 0.1) is 5.92 Å². The molecule has 0 aromatic heterocycles. The molecule has 3 unspecified atom stereocenters. The molecule has 0 radical (unpaired) electrons. The maximum Gasteiger partial charge on any atom is 0.311 e. The quantitative estimate of drug-likeness (QED) is 0.421. The first-order valence-corrected chi connectivity index (χ1v) is 12.3. The average Bonchev–Trinajstić information content (AvgIpc) is 2.86. The second-order valence-corrected chi connectivity index (χ2v) is 14.1. The zero-order valence-corrected chi connectivity index (χ0v) is 18.9. The fourth-order valence-electron chi connectivity index (χ4n) is 4.60. The monoisotopic (exact) mass is 392 g/mol. The molecular formula is C22H36O4Si. The summed E-state index contributed by atoms with van der Waals surface area (Å²) in [5.74, 6) is -0.425. The van der Waals surface area contributed by atoms with Gasteiger partial charge in [0.2, 0.25) is 8.32 Å². The van der Waals surface area contributed by atoms with E-state index in [1.54, 1.807) is 0 Å². The molecule has 0 spiro atoms. The highest BCUT2D eigenvalue weighted by Gasteiger charge is 2.52. The van der Waals surface area contributed by atoms with E-state index in [2.05, 4.69) is 41.5 Å². The number of rotatable bonds is 9. The van der Waals surface area contributed by atoms with E-state index in [0.29, 0.717) is 29.8 Å². The Bertz CT molecular complexity index is 578. The van der Waals surface area contributed by atoms with Gasteiger partial charge in [-0.25, -0.2) is 0 Å². The summed E-state index contributed by atoms with van der Waals surface area (Å²) in [6, 6.07) is 10.0. The van der Waals surface area contributed by atoms with Crippen LogP contribution in [0.5, 0.6) is 0 Å². The van der Waals surface area contributed by atoms with Crippen LogP contribution in [0.25, 0.3) is 0 Å². The van der Waals surface area contributed by atoms with Gasteiger partial charge in [0.25, 0.3) is 0 Å². The van der Waals surface area contributed by atoms with Crippen LogP contribution < -0.4 is 0 Å². The van der Waals surface area contributed by atoms with Gasteiger partial charge in [0.1, 0.15) is 0 Å². The molecule has 0 aliphatic carbocycles. The fraction of sp³-hybridized carbons (Fsp3) is 0.682. The Balaban J connectivity index is 2.12. The summed E-state index contributed by atoms with van der Waals surface area (Å²) in [5, 5.41) is 0. The third kappa shape index (κ3) is 4.82. The third-order valence-electron chi connectivity index (χ3n) is 5.94. The molecule has 5 heteroatoms. The van der Waals surface area contributed by atoms with Crippen molar-refractivity contribution >= 4 is 14.3 Å². The smallest absolute Gasteiger partial charge is 0.311 e. The van der Waals surface area contributed by atoms with Gasteiger partial charge >= 0.3 is 5.97 Å². The molecule has 1 aliphatic heterocycles. The molecule has 0 bridgehead atoms. The molecular weight excluding hydrogens is 356 g/mol. The lowest BCUT2D eigenvalue weighted by Gasteiger charge is -2.45. The van der Waals surface area contributed by atoms with Crippen LogP contribution in [0.3, 0.4) is 0 Å². The SMILES string of the molecule is CC1C(=O)OC(COCc2ccccc2)C1O[Si](C(C)C)(C(C)C)C(C)C. The molecule has 4 nitrogen and oxygen atoms in total. The molecule has 2 rings (SSSR count). The Morgan fingerprint density at radius 2 is 1.56 bits per heavy atom. The van der Waals surface area contributed by atoms with E-state index in [-0.39, 0.29) is 24.1 Å². The molecule has 1 aliphatic rings. The molecule has 0 saturated carbocycles. The second kappa shape index (κ2) is 9.35. The number of carbonyl (C=O) groups is 1. The van der Waals surface area contributed by atoms with E-state index in [0.717, 1.165) is 5.56 Å². The molecule has 1 aromatic carbocycles. The van der Waals surface area contributed by atoms with Crippen molar-refractivity contribution in [2.24, 2.45) is 5.92 Å². The Morgan fingerprint density at radius 3 is 2.07 bits per heavy atom. The van der Waals surface area contributed by atoms with Crippen LogP contribution in [-0.2, 0) is 25.3 Å². The van der Waals surface area contributed by atoms with Crippen molar-refractivity contribution in [1.82, 2.24) is 0 Å². The lowest BCUT2D eigenvalue weighted by Crippen LogP contribution is -2.53. The topological polar surface area (TPSA) is 44.8 Å². The summed E-state index contributed by atoms with van der Waals surface area (Å²) in [7, 11) is -2.10. The minimum Gasteiger partial charge on any atom is -0.457 e. The molecule has 0 amide bonds. The third-order valence-corrected chi connectivity index (χ3v) is 12.0. The Morgan fingerprint density at radius 1 is 1.00 bits per heavy atom. The minimum atomic E-state index is -2.10. The van der Waals surface area contributed by atoms with Crippen LogP contribution in [0.2, 0.25) is 16.6 Å². The number of ether oxygens (including phenoxy) is 2.